The molecule has 0 amide bonds. The van der Waals surface area contributed by atoms with Gasteiger partial charge in [-0.3, -0.25) is 9.80 Å². The van der Waals surface area contributed by atoms with Gasteiger partial charge in [0.05, 0.1) is 12.0 Å². The van der Waals surface area contributed by atoms with Crippen LogP contribution in [-0.4, -0.2) is 67.6 Å². The van der Waals surface area contributed by atoms with Gasteiger partial charge in [0.2, 0.25) is 6.79 Å². The fraction of sp³-hybridized carbons (Fsp3) is 0.600. The highest BCUT2D eigenvalue weighted by Crippen LogP contribution is 2.35. The van der Waals surface area contributed by atoms with E-state index in [1.165, 1.54) is 0 Å². The zero-order valence-electron chi connectivity index (χ0n) is 12.0. The van der Waals surface area contributed by atoms with Crippen LogP contribution in [0.4, 0.5) is 0 Å². The maximum Gasteiger partial charge on any atom is 0.231 e. The minimum atomic E-state index is -0.0520. The first-order valence-corrected chi connectivity index (χ1v) is 7.79. The number of hydrogen-bond donors (Lipinski definition) is 1. The van der Waals surface area contributed by atoms with Crippen molar-refractivity contribution in [1.29, 1.82) is 0 Å². The van der Waals surface area contributed by atoms with Gasteiger partial charge >= 0.3 is 0 Å². The predicted octanol–water partition coefficient (Wildman–Crippen LogP) is 1.31. The number of alkyl halides is 1. The van der Waals surface area contributed by atoms with E-state index in [1.807, 2.05) is 18.2 Å². The third kappa shape index (κ3) is 3.61. The van der Waals surface area contributed by atoms with E-state index < -0.39 is 0 Å². The van der Waals surface area contributed by atoms with E-state index in [1.54, 1.807) is 0 Å². The molecule has 1 saturated heterocycles. The van der Waals surface area contributed by atoms with Crippen molar-refractivity contribution in [1.82, 2.24) is 9.80 Å². The van der Waals surface area contributed by atoms with Gasteiger partial charge in [0.15, 0.2) is 11.5 Å². The Morgan fingerprint density at radius 1 is 1.10 bits per heavy atom. The van der Waals surface area contributed by atoms with Gasteiger partial charge in [-0.25, -0.2) is 0 Å². The Labute approximate surface area is 130 Å². The van der Waals surface area contributed by atoms with Crippen LogP contribution in [0.1, 0.15) is 10.9 Å². The lowest BCUT2D eigenvalue weighted by atomic mass is 10.1. The van der Waals surface area contributed by atoms with Crippen molar-refractivity contribution in [3.8, 4) is 11.5 Å². The summed E-state index contributed by atoms with van der Waals surface area (Å²) in [6, 6.07) is 5.90. The highest BCUT2D eigenvalue weighted by atomic mass is 35.5. The smallest absolute Gasteiger partial charge is 0.231 e. The zero-order valence-corrected chi connectivity index (χ0v) is 12.8. The van der Waals surface area contributed by atoms with Crippen LogP contribution >= 0.6 is 11.6 Å². The minimum absolute atomic E-state index is 0.0520. The van der Waals surface area contributed by atoms with Crippen LogP contribution in [0.15, 0.2) is 18.2 Å². The highest BCUT2D eigenvalue weighted by molar-refractivity contribution is 6.21. The summed E-state index contributed by atoms with van der Waals surface area (Å²) in [5, 5.41) is 8.90. The summed E-state index contributed by atoms with van der Waals surface area (Å²) in [6.07, 6.45) is 0. The number of aliphatic hydroxyl groups excluding tert-OH is 1. The normalized spacial score (nSPS) is 20.7. The average Bonchev–Trinajstić information content (AvgIpc) is 2.97. The number of aliphatic hydroxyl groups is 1. The number of piperazine rings is 1. The van der Waals surface area contributed by atoms with Crippen molar-refractivity contribution in [2.45, 2.75) is 5.38 Å². The Balaban J connectivity index is 1.53. The van der Waals surface area contributed by atoms with Crippen LogP contribution in [0.3, 0.4) is 0 Å². The minimum Gasteiger partial charge on any atom is -0.454 e. The van der Waals surface area contributed by atoms with Crippen LogP contribution in [0, 0.1) is 0 Å². The number of nitrogens with zero attached hydrogens (tertiary/aromatic N) is 2. The monoisotopic (exact) mass is 312 g/mol. The highest BCUT2D eigenvalue weighted by Gasteiger charge is 2.21. The first-order valence-electron chi connectivity index (χ1n) is 7.35. The lowest BCUT2D eigenvalue weighted by Gasteiger charge is -2.35. The molecule has 6 heteroatoms. The molecular formula is C15H21ClN2O3. The summed E-state index contributed by atoms with van der Waals surface area (Å²) >= 11 is 6.55. The van der Waals surface area contributed by atoms with E-state index in [-0.39, 0.29) is 12.0 Å². The Morgan fingerprint density at radius 2 is 1.81 bits per heavy atom. The maximum atomic E-state index is 8.96. The third-order valence-corrected chi connectivity index (χ3v) is 4.45. The molecule has 0 saturated carbocycles. The molecule has 2 aliphatic rings. The van der Waals surface area contributed by atoms with Crippen molar-refractivity contribution >= 4 is 11.6 Å². The summed E-state index contributed by atoms with van der Waals surface area (Å²) in [5.74, 6) is 1.58. The maximum absolute atomic E-state index is 8.96. The quantitative estimate of drug-likeness (QED) is 0.831. The Kier molecular flexibility index (Phi) is 4.85. The number of rotatable bonds is 5. The Hall–Kier alpha value is -1.01. The lowest BCUT2D eigenvalue weighted by Crippen LogP contribution is -2.47. The van der Waals surface area contributed by atoms with Gasteiger partial charge in [-0.1, -0.05) is 6.07 Å². The molecule has 1 unspecified atom stereocenters. The van der Waals surface area contributed by atoms with Gasteiger partial charge < -0.3 is 14.6 Å². The SMILES string of the molecule is OCCN1CCN(CC(Cl)c2ccc3c(c2)OCO3)CC1. The molecule has 0 bridgehead atoms. The Morgan fingerprint density at radius 3 is 2.57 bits per heavy atom. The third-order valence-electron chi connectivity index (χ3n) is 4.06. The molecule has 0 radical (unpaired) electrons. The van der Waals surface area contributed by atoms with Gasteiger partial charge in [-0.15, -0.1) is 11.6 Å². The molecule has 0 aromatic heterocycles. The number of β-amino-alcohol motifs (C(OH)–C–C–N with tert-alkyl or cyclic N) is 1. The fourth-order valence-corrected chi connectivity index (χ4v) is 3.11. The average molecular weight is 313 g/mol. The summed E-state index contributed by atoms with van der Waals surface area (Å²) < 4.78 is 10.7. The molecule has 1 aromatic carbocycles. The first-order chi connectivity index (χ1) is 10.3. The summed E-state index contributed by atoms with van der Waals surface area (Å²) in [4.78, 5) is 4.65. The van der Waals surface area contributed by atoms with Crippen molar-refractivity contribution in [3.63, 3.8) is 0 Å². The Bertz CT molecular complexity index is 478. The molecule has 0 aliphatic carbocycles. The molecule has 5 nitrogen and oxygen atoms in total. The summed E-state index contributed by atoms with van der Waals surface area (Å²) in [7, 11) is 0. The number of benzene rings is 1. The van der Waals surface area contributed by atoms with Gasteiger partial charge in [-0.05, 0) is 17.7 Å². The number of hydrogen-bond acceptors (Lipinski definition) is 5. The molecule has 1 fully saturated rings. The predicted molar refractivity (Wildman–Crippen MR) is 81.1 cm³/mol. The molecule has 2 heterocycles. The van der Waals surface area contributed by atoms with Gasteiger partial charge in [0.25, 0.3) is 0 Å². The summed E-state index contributed by atoms with van der Waals surface area (Å²) in [5.41, 5.74) is 1.07. The van der Waals surface area contributed by atoms with E-state index in [4.69, 9.17) is 26.2 Å². The second kappa shape index (κ2) is 6.83. The van der Waals surface area contributed by atoms with Crippen LogP contribution < -0.4 is 9.47 Å². The molecule has 1 N–H and O–H groups in total. The van der Waals surface area contributed by atoms with E-state index in [0.29, 0.717) is 6.79 Å². The molecule has 1 atom stereocenters. The van der Waals surface area contributed by atoms with Crippen molar-refractivity contribution in [2.24, 2.45) is 0 Å². The van der Waals surface area contributed by atoms with E-state index in [9.17, 15) is 0 Å². The molecule has 1 aromatic rings. The molecular weight excluding hydrogens is 292 g/mol. The van der Waals surface area contributed by atoms with Crippen molar-refractivity contribution < 1.29 is 14.6 Å². The number of halogens is 1. The number of fused-ring (bicyclic) bond motifs is 1. The van der Waals surface area contributed by atoms with Crippen molar-refractivity contribution in [3.05, 3.63) is 23.8 Å². The second-order valence-electron chi connectivity index (χ2n) is 5.45. The largest absolute Gasteiger partial charge is 0.454 e. The van der Waals surface area contributed by atoms with Gasteiger partial charge in [-0.2, -0.15) is 0 Å². The molecule has 21 heavy (non-hydrogen) atoms. The topological polar surface area (TPSA) is 45.2 Å². The molecule has 116 valence electrons. The molecule has 0 spiro atoms. The molecule has 2 aliphatic heterocycles. The van der Waals surface area contributed by atoms with Crippen LogP contribution in [0.2, 0.25) is 0 Å². The van der Waals surface area contributed by atoms with E-state index >= 15 is 0 Å². The van der Waals surface area contributed by atoms with Crippen LogP contribution in [0.25, 0.3) is 0 Å². The standard InChI is InChI=1S/C15H21ClN2O3/c16-13(10-18-5-3-17(4-6-18)7-8-19)12-1-2-14-15(9-12)21-11-20-14/h1-2,9,13,19H,3-8,10-11H2. The van der Waals surface area contributed by atoms with Crippen LogP contribution in [-0.2, 0) is 0 Å². The van der Waals surface area contributed by atoms with Crippen molar-refractivity contribution in [2.75, 3.05) is 52.7 Å². The zero-order chi connectivity index (χ0) is 14.7. The van der Waals surface area contributed by atoms with Gasteiger partial charge in [0, 0.05) is 39.3 Å². The summed E-state index contributed by atoms with van der Waals surface area (Å²) in [6.45, 7) is 6.08. The first kappa shape index (κ1) is 14.9. The lowest BCUT2D eigenvalue weighted by molar-refractivity contribution is 0.112. The molecule has 3 rings (SSSR count). The van der Waals surface area contributed by atoms with E-state index in [2.05, 4.69) is 9.80 Å². The van der Waals surface area contributed by atoms with Gasteiger partial charge in [0.1, 0.15) is 0 Å². The van der Waals surface area contributed by atoms with E-state index in [0.717, 1.165) is 56.3 Å². The fourth-order valence-electron chi connectivity index (χ4n) is 2.78. The van der Waals surface area contributed by atoms with Crippen LogP contribution in [0.5, 0.6) is 11.5 Å². The second-order valence-corrected chi connectivity index (χ2v) is 5.97. The number of ether oxygens (including phenoxy) is 2.